The summed E-state index contributed by atoms with van der Waals surface area (Å²) in [5, 5.41) is 10.6. The molecule has 0 saturated heterocycles. The first-order chi connectivity index (χ1) is 41.6. The molecule has 4 unspecified atom stereocenters. The summed E-state index contributed by atoms with van der Waals surface area (Å²) >= 11 is 0. The molecule has 6 atom stereocenters. The van der Waals surface area contributed by atoms with Crippen LogP contribution in [0.5, 0.6) is 0 Å². The molecule has 0 aliphatic carbocycles. The number of esters is 4. The molecule has 0 saturated carbocycles. The van der Waals surface area contributed by atoms with Crippen LogP contribution in [0.2, 0.25) is 0 Å². The van der Waals surface area contributed by atoms with Gasteiger partial charge in [-0.05, 0) is 49.4 Å². The van der Waals surface area contributed by atoms with Crippen LogP contribution in [-0.4, -0.2) is 96.7 Å². The van der Waals surface area contributed by atoms with Crippen LogP contribution in [-0.2, 0) is 65.4 Å². The second-order valence-corrected chi connectivity index (χ2v) is 29.1. The van der Waals surface area contributed by atoms with Crippen molar-refractivity contribution in [1.82, 2.24) is 0 Å². The summed E-state index contributed by atoms with van der Waals surface area (Å²) in [5.74, 6) is 0.825. The van der Waals surface area contributed by atoms with Crippen molar-refractivity contribution in [1.29, 1.82) is 0 Å². The summed E-state index contributed by atoms with van der Waals surface area (Å²) < 4.78 is 68.2. The summed E-state index contributed by atoms with van der Waals surface area (Å²) in [6, 6.07) is 0. The van der Waals surface area contributed by atoms with Gasteiger partial charge in [-0.1, -0.05) is 280 Å². The quantitative estimate of drug-likeness (QED) is 0.0222. The second-order valence-electron chi connectivity index (χ2n) is 26.2. The molecule has 0 rings (SSSR count). The fourth-order valence-electron chi connectivity index (χ4n) is 10.1. The lowest BCUT2D eigenvalue weighted by Crippen LogP contribution is -2.30. The average molecular weight is 1280 g/mol. The van der Waals surface area contributed by atoms with E-state index in [4.69, 9.17) is 37.0 Å². The van der Waals surface area contributed by atoms with E-state index in [9.17, 15) is 43.2 Å². The van der Waals surface area contributed by atoms with E-state index in [0.717, 1.165) is 120 Å². The van der Waals surface area contributed by atoms with Crippen LogP contribution in [0.25, 0.3) is 0 Å². The Morgan fingerprint density at radius 1 is 0.322 bits per heavy atom. The number of carbonyl (C=O) groups is 4. The van der Waals surface area contributed by atoms with E-state index in [1.807, 2.05) is 0 Å². The smallest absolute Gasteiger partial charge is 0.462 e. The number of carbonyl (C=O) groups excluding carboxylic acids is 4. The van der Waals surface area contributed by atoms with E-state index in [0.29, 0.717) is 25.7 Å². The predicted molar refractivity (Wildman–Crippen MR) is 349 cm³/mol. The normalized spacial score (nSPS) is 14.6. The maximum Gasteiger partial charge on any atom is 0.472 e. The highest BCUT2D eigenvalue weighted by molar-refractivity contribution is 7.47. The zero-order valence-electron chi connectivity index (χ0n) is 56.6. The Morgan fingerprint density at radius 2 is 0.552 bits per heavy atom. The minimum absolute atomic E-state index is 0.104. The van der Waals surface area contributed by atoms with Crippen molar-refractivity contribution in [2.75, 3.05) is 39.6 Å². The molecule has 0 bridgehead atoms. The molecule has 17 nitrogen and oxygen atoms in total. The third kappa shape index (κ3) is 61.3. The highest BCUT2D eigenvalue weighted by atomic mass is 31.2. The third-order valence-electron chi connectivity index (χ3n) is 15.9. The van der Waals surface area contributed by atoms with Gasteiger partial charge in [0.25, 0.3) is 0 Å². The Balaban J connectivity index is 5.26. The monoisotopic (exact) mass is 1280 g/mol. The Bertz CT molecular complexity index is 1730. The third-order valence-corrected chi connectivity index (χ3v) is 17.8. The van der Waals surface area contributed by atoms with Gasteiger partial charge >= 0.3 is 39.5 Å². The topological polar surface area (TPSA) is 237 Å². The lowest BCUT2D eigenvalue weighted by atomic mass is 10.00. The van der Waals surface area contributed by atoms with E-state index in [-0.39, 0.29) is 25.7 Å². The Labute approximate surface area is 530 Å². The predicted octanol–water partition coefficient (Wildman–Crippen LogP) is 18.9. The first-order valence-electron chi connectivity index (χ1n) is 35.2. The molecule has 0 aliphatic heterocycles. The molecule has 0 heterocycles. The molecule has 0 aromatic heterocycles. The van der Waals surface area contributed by atoms with Crippen molar-refractivity contribution < 1.29 is 80.2 Å². The van der Waals surface area contributed by atoms with Gasteiger partial charge < -0.3 is 33.8 Å². The molecule has 0 amide bonds. The van der Waals surface area contributed by atoms with Crippen molar-refractivity contribution in [3.63, 3.8) is 0 Å². The molecule has 0 fully saturated rings. The fourth-order valence-corrected chi connectivity index (χ4v) is 11.7. The first-order valence-corrected chi connectivity index (χ1v) is 38.2. The second kappa shape index (κ2) is 57.9. The van der Waals surface area contributed by atoms with Crippen LogP contribution in [0.1, 0.15) is 331 Å². The molecule has 516 valence electrons. The Morgan fingerprint density at radius 3 is 0.816 bits per heavy atom. The Hall–Kier alpha value is -1.94. The number of phosphoric ester groups is 2. The molecule has 3 N–H and O–H groups in total. The number of phosphoric acid groups is 2. The van der Waals surface area contributed by atoms with E-state index >= 15 is 0 Å². The van der Waals surface area contributed by atoms with Gasteiger partial charge in [0.2, 0.25) is 0 Å². The zero-order chi connectivity index (χ0) is 64.7. The van der Waals surface area contributed by atoms with Crippen molar-refractivity contribution >= 4 is 39.5 Å². The number of hydrogen-bond acceptors (Lipinski definition) is 15. The lowest BCUT2D eigenvalue weighted by Gasteiger charge is -2.21. The summed E-state index contributed by atoms with van der Waals surface area (Å²) in [6.45, 7) is 14.0. The molecule has 19 heteroatoms. The van der Waals surface area contributed by atoms with E-state index < -0.39 is 97.5 Å². The van der Waals surface area contributed by atoms with Gasteiger partial charge in [-0.15, -0.1) is 0 Å². The number of aliphatic hydroxyl groups is 1. The number of aliphatic hydroxyl groups excluding tert-OH is 1. The fraction of sp³-hybridized carbons (Fsp3) is 0.941. The van der Waals surface area contributed by atoms with Crippen LogP contribution in [0, 0.1) is 23.7 Å². The maximum absolute atomic E-state index is 13.0. The van der Waals surface area contributed by atoms with E-state index in [1.165, 1.54) is 128 Å². The largest absolute Gasteiger partial charge is 0.472 e. The van der Waals surface area contributed by atoms with Crippen LogP contribution < -0.4 is 0 Å². The average Bonchev–Trinajstić information content (AvgIpc) is 3.59. The van der Waals surface area contributed by atoms with Crippen molar-refractivity contribution in [3.05, 3.63) is 0 Å². The minimum Gasteiger partial charge on any atom is -0.462 e. The molecular weight excluding hydrogens is 1150 g/mol. The molecule has 0 spiro atoms. The van der Waals surface area contributed by atoms with Gasteiger partial charge in [0, 0.05) is 25.7 Å². The molecule has 0 aromatic rings. The Kier molecular flexibility index (Phi) is 56.6. The molecule has 0 radical (unpaired) electrons. The van der Waals surface area contributed by atoms with Gasteiger partial charge in [-0.25, -0.2) is 9.13 Å². The summed E-state index contributed by atoms with van der Waals surface area (Å²) in [5.41, 5.74) is 0. The van der Waals surface area contributed by atoms with Crippen molar-refractivity contribution in [2.45, 2.75) is 350 Å². The first kappa shape index (κ1) is 85.1. The van der Waals surface area contributed by atoms with Crippen LogP contribution in [0.4, 0.5) is 0 Å². The van der Waals surface area contributed by atoms with Crippen LogP contribution in [0.15, 0.2) is 0 Å². The van der Waals surface area contributed by atoms with Gasteiger partial charge in [0.1, 0.15) is 19.3 Å². The van der Waals surface area contributed by atoms with Gasteiger partial charge in [-0.3, -0.25) is 37.3 Å². The van der Waals surface area contributed by atoms with Gasteiger partial charge in [0.05, 0.1) is 26.4 Å². The standard InChI is InChI=1S/C68H132O17P2/c1-9-61(8)47-39-31-26-27-33-41-49-66(71)79-55-64(85-67(72)50-42-34-24-16-12-10-11-14-20-28-36-44-58(2)3)57-83-87(76,77)81-53-62(69)52-80-86(74,75)82-56-63(54-78-65(70)48-40-32-23-19-18-22-30-38-46-60(6)7)84-68(73)51-43-35-25-17-13-15-21-29-37-45-59(4)5/h58-64,69H,9-57H2,1-8H3,(H,74,75)(H,76,77)/t61?,62?,63-,64-/m1/s1. The maximum atomic E-state index is 13.0. The zero-order valence-corrected chi connectivity index (χ0v) is 58.4. The minimum atomic E-state index is -4.95. The number of unbranched alkanes of at least 4 members (excludes halogenated alkanes) is 30. The van der Waals surface area contributed by atoms with E-state index in [1.54, 1.807) is 0 Å². The summed E-state index contributed by atoms with van der Waals surface area (Å²) in [6.07, 6.45) is 39.0. The van der Waals surface area contributed by atoms with E-state index in [2.05, 4.69) is 55.4 Å². The molecular formula is C68H132O17P2. The van der Waals surface area contributed by atoms with Gasteiger partial charge in [-0.2, -0.15) is 0 Å². The van der Waals surface area contributed by atoms with Crippen molar-refractivity contribution in [3.8, 4) is 0 Å². The molecule has 0 aromatic carbocycles. The SMILES string of the molecule is CCC(C)CCCCCCCCC(=O)OC[C@H](COP(=O)(O)OCC(O)COP(=O)(O)OC[C@@H](COC(=O)CCCCCCCCCCC(C)C)OC(=O)CCCCCCCCCCCC(C)C)OC(=O)CCCCCCCCCCCCCC(C)C. The number of hydrogen-bond donors (Lipinski definition) is 3. The number of rotatable bonds is 65. The lowest BCUT2D eigenvalue weighted by molar-refractivity contribution is -0.161. The van der Waals surface area contributed by atoms with Crippen LogP contribution in [0.3, 0.4) is 0 Å². The highest BCUT2D eigenvalue weighted by Crippen LogP contribution is 2.45. The summed E-state index contributed by atoms with van der Waals surface area (Å²) in [4.78, 5) is 72.4. The van der Waals surface area contributed by atoms with Crippen molar-refractivity contribution in [2.24, 2.45) is 23.7 Å². The van der Waals surface area contributed by atoms with Gasteiger partial charge in [0.15, 0.2) is 12.2 Å². The highest BCUT2D eigenvalue weighted by Gasteiger charge is 2.30. The van der Waals surface area contributed by atoms with Crippen LogP contribution >= 0.6 is 15.6 Å². The summed E-state index contributed by atoms with van der Waals surface area (Å²) in [7, 11) is -9.90. The molecule has 0 aliphatic rings. The number of ether oxygens (including phenoxy) is 4. The molecule has 87 heavy (non-hydrogen) atoms.